The fourth-order valence-electron chi connectivity index (χ4n) is 1.61. The zero-order valence-electron chi connectivity index (χ0n) is 11.1. The Morgan fingerprint density at radius 1 is 1.48 bits per heavy atom. The first kappa shape index (κ1) is 15.5. The van der Waals surface area contributed by atoms with Crippen molar-refractivity contribution in [3.8, 4) is 0 Å². The van der Waals surface area contributed by atoms with Gasteiger partial charge in [-0.3, -0.25) is 4.79 Å². The first-order chi connectivity index (χ1) is 10.0. The van der Waals surface area contributed by atoms with Gasteiger partial charge in [0.05, 0.1) is 29.9 Å². The zero-order valence-corrected chi connectivity index (χ0v) is 12.0. The summed E-state index contributed by atoms with van der Waals surface area (Å²) in [6, 6.07) is 2.94. The van der Waals surface area contributed by atoms with E-state index in [1.54, 1.807) is 11.6 Å². The highest BCUT2D eigenvalue weighted by Gasteiger charge is 2.11. The molecule has 2 rings (SSSR count). The first-order valence-electron chi connectivity index (χ1n) is 6.00. The normalized spacial score (nSPS) is 10.7. The summed E-state index contributed by atoms with van der Waals surface area (Å²) < 4.78 is 27.8. The predicted octanol–water partition coefficient (Wildman–Crippen LogP) is 1.92. The van der Waals surface area contributed by atoms with Gasteiger partial charge in [-0.15, -0.1) is 0 Å². The summed E-state index contributed by atoms with van der Waals surface area (Å²) in [5.41, 5.74) is 0.556. The number of carbonyl (C=O) groups is 1. The minimum absolute atomic E-state index is 0.0204. The molecule has 1 heterocycles. The van der Waals surface area contributed by atoms with E-state index >= 15 is 0 Å². The van der Waals surface area contributed by atoms with Crippen LogP contribution in [-0.2, 0) is 18.4 Å². The summed E-state index contributed by atoms with van der Waals surface area (Å²) in [5.74, 6) is -1.94. The molecule has 2 N–H and O–H groups in total. The number of nitrogens with one attached hydrogen (secondary N) is 1. The topological polar surface area (TPSA) is 67.1 Å². The molecule has 0 saturated heterocycles. The molecule has 5 nitrogen and oxygen atoms in total. The van der Waals surface area contributed by atoms with Gasteiger partial charge < -0.3 is 15.0 Å². The molecule has 112 valence electrons. The molecule has 0 bridgehead atoms. The van der Waals surface area contributed by atoms with Gasteiger partial charge in [0.25, 0.3) is 0 Å². The third-order valence-corrected chi connectivity index (χ3v) is 3.79. The lowest BCUT2D eigenvalue weighted by molar-refractivity contribution is -0.113. The van der Waals surface area contributed by atoms with Crippen molar-refractivity contribution in [1.82, 2.24) is 9.55 Å². The lowest BCUT2D eigenvalue weighted by atomic mass is 10.3. The predicted molar refractivity (Wildman–Crippen MR) is 74.8 cm³/mol. The van der Waals surface area contributed by atoms with Gasteiger partial charge in [-0.25, -0.2) is 13.8 Å². The second-order valence-electron chi connectivity index (χ2n) is 4.21. The molecular formula is C13H13F2N3O2S. The highest BCUT2D eigenvalue weighted by Crippen LogP contribution is 2.19. The van der Waals surface area contributed by atoms with Crippen molar-refractivity contribution in [3.63, 3.8) is 0 Å². The molecular weight excluding hydrogens is 300 g/mol. The lowest BCUT2D eigenvalue weighted by Gasteiger charge is -2.07. The van der Waals surface area contributed by atoms with Crippen molar-refractivity contribution >= 4 is 23.4 Å². The Kier molecular flexibility index (Phi) is 4.92. The van der Waals surface area contributed by atoms with Crippen molar-refractivity contribution in [2.45, 2.75) is 11.8 Å². The van der Waals surface area contributed by atoms with Crippen LogP contribution in [0.15, 0.2) is 29.6 Å². The van der Waals surface area contributed by atoms with Crippen LogP contribution >= 0.6 is 11.8 Å². The average molecular weight is 313 g/mol. The number of imidazole rings is 1. The highest BCUT2D eigenvalue weighted by atomic mass is 32.2. The van der Waals surface area contributed by atoms with Gasteiger partial charge in [0.15, 0.2) is 5.16 Å². The highest BCUT2D eigenvalue weighted by molar-refractivity contribution is 7.99. The van der Waals surface area contributed by atoms with Crippen LogP contribution in [0.3, 0.4) is 0 Å². The molecule has 0 aliphatic carbocycles. The van der Waals surface area contributed by atoms with E-state index < -0.39 is 17.5 Å². The number of hydrogen-bond acceptors (Lipinski definition) is 4. The van der Waals surface area contributed by atoms with E-state index in [1.807, 2.05) is 0 Å². The molecule has 0 radical (unpaired) electrons. The van der Waals surface area contributed by atoms with Crippen molar-refractivity contribution in [2.75, 3.05) is 11.1 Å². The molecule has 1 aromatic carbocycles. The standard InChI is InChI=1S/C13H13F2N3O2S/c1-18-9(6-19)5-16-13(18)21-7-12(20)17-11-3-2-8(14)4-10(11)15/h2-5,19H,6-7H2,1H3,(H,17,20). The Labute approximate surface area is 124 Å². The third kappa shape index (κ3) is 3.79. The van der Waals surface area contributed by atoms with Gasteiger partial charge in [0.1, 0.15) is 11.6 Å². The molecule has 0 unspecified atom stereocenters. The third-order valence-electron chi connectivity index (χ3n) is 2.74. The maximum atomic E-state index is 13.4. The zero-order chi connectivity index (χ0) is 15.4. The minimum atomic E-state index is -0.826. The number of aliphatic hydroxyl groups is 1. The van der Waals surface area contributed by atoms with Gasteiger partial charge in [-0.1, -0.05) is 11.8 Å². The van der Waals surface area contributed by atoms with Crippen LogP contribution in [0.4, 0.5) is 14.5 Å². The second kappa shape index (κ2) is 6.68. The van der Waals surface area contributed by atoms with Crippen LogP contribution in [0.5, 0.6) is 0 Å². The maximum absolute atomic E-state index is 13.4. The number of nitrogens with zero attached hydrogens (tertiary/aromatic N) is 2. The van der Waals surface area contributed by atoms with Crippen LogP contribution in [0, 0.1) is 11.6 Å². The van der Waals surface area contributed by atoms with Crippen molar-refractivity contribution in [3.05, 3.63) is 41.7 Å². The van der Waals surface area contributed by atoms with Gasteiger partial charge in [0, 0.05) is 13.1 Å². The van der Waals surface area contributed by atoms with E-state index in [0.29, 0.717) is 16.9 Å². The molecule has 0 saturated carbocycles. The van der Waals surface area contributed by atoms with E-state index in [4.69, 9.17) is 5.11 Å². The number of aliphatic hydroxyl groups excluding tert-OH is 1. The SMILES string of the molecule is Cn1c(CO)cnc1SCC(=O)Nc1ccc(F)cc1F. The Bertz CT molecular complexity index is 661. The number of halogens is 2. The quantitative estimate of drug-likeness (QED) is 0.828. The summed E-state index contributed by atoms with van der Waals surface area (Å²) in [5, 5.41) is 12.0. The molecule has 0 aliphatic heterocycles. The monoisotopic (exact) mass is 313 g/mol. The number of thioether (sulfide) groups is 1. The summed E-state index contributed by atoms with van der Waals surface area (Å²) in [4.78, 5) is 15.8. The van der Waals surface area contributed by atoms with E-state index in [2.05, 4.69) is 10.3 Å². The minimum Gasteiger partial charge on any atom is -0.390 e. The summed E-state index contributed by atoms with van der Waals surface area (Å²) in [6.07, 6.45) is 1.51. The van der Waals surface area contributed by atoms with Crippen molar-refractivity contribution in [2.24, 2.45) is 7.05 Å². The fraction of sp³-hybridized carbons (Fsp3) is 0.231. The number of anilines is 1. The Morgan fingerprint density at radius 2 is 2.24 bits per heavy atom. The summed E-state index contributed by atoms with van der Waals surface area (Å²) >= 11 is 1.15. The number of hydrogen-bond donors (Lipinski definition) is 2. The van der Waals surface area contributed by atoms with Crippen molar-refractivity contribution in [1.29, 1.82) is 0 Å². The second-order valence-corrected chi connectivity index (χ2v) is 5.15. The number of benzene rings is 1. The maximum Gasteiger partial charge on any atom is 0.234 e. The van der Waals surface area contributed by atoms with Gasteiger partial charge in [0.2, 0.25) is 5.91 Å². The fourth-order valence-corrected chi connectivity index (χ4v) is 2.38. The molecule has 1 amide bonds. The Balaban J connectivity index is 1.94. The number of amides is 1. The molecule has 0 fully saturated rings. The molecule has 1 aromatic heterocycles. The van der Waals surface area contributed by atoms with Crippen LogP contribution in [0.1, 0.15) is 5.69 Å². The number of rotatable bonds is 5. The Hall–Kier alpha value is -1.93. The van der Waals surface area contributed by atoms with Gasteiger partial charge in [-0.2, -0.15) is 0 Å². The molecule has 0 atom stereocenters. The lowest BCUT2D eigenvalue weighted by Crippen LogP contribution is -2.15. The number of aromatic nitrogens is 2. The van der Waals surface area contributed by atoms with Crippen LogP contribution in [0.2, 0.25) is 0 Å². The molecule has 21 heavy (non-hydrogen) atoms. The van der Waals surface area contributed by atoms with Crippen LogP contribution in [0.25, 0.3) is 0 Å². The first-order valence-corrected chi connectivity index (χ1v) is 6.99. The molecule has 8 heteroatoms. The van der Waals surface area contributed by atoms with Crippen LogP contribution in [-0.4, -0.2) is 26.3 Å². The molecule has 0 aliphatic rings. The smallest absolute Gasteiger partial charge is 0.234 e. The average Bonchev–Trinajstić information content (AvgIpc) is 2.80. The number of carbonyl (C=O) groups excluding carboxylic acids is 1. The summed E-state index contributed by atoms with van der Waals surface area (Å²) in [7, 11) is 1.72. The van der Waals surface area contributed by atoms with E-state index in [0.717, 1.165) is 23.9 Å². The van der Waals surface area contributed by atoms with E-state index in [9.17, 15) is 13.6 Å². The molecule has 2 aromatic rings. The van der Waals surface area contributed by atoms with Gasteiger partial charge >= 0.3 is 0 Å². The van der Waals surface area contributed by atoms with Crippen molar-refractivity contribution < 1.29 is 18.7 Å². The molecule has 0 spiro atoms. The van der Waals surface area contributed by atoms with Gasteiger partial charge in [-0.05, 0) is 12.1 Å². The largest absolute Gasteiger partial charge is 0.390 e. The van der Waals surface area contributed by atoms with E-state index in [1.165, 1.54) is 6.20 Å². The summed E-state index contributed by atoms with van der Waals surface area (Å²) in [6.45, 7) is -0.142. The Morgan fingerprint density at radius 3 is 2.86 bits per heavy atom. The van der Waals surface area contributed by atoms with E-state index in [-0.39, 0.29) is 18.0 Å². The van der Waals surface area contributed by atoms with Crippen LogP contribution < -0.4 is 5.32 Å².